The van der Waals surface area contributed by atoms with E-state index in [0.29, 0.717) is 17.9 Å². The van der Waals surface area contributed by atoms with Crippen molar-refractivity contribution in [1.29, 1.82) is 0 Å². The van der Waals surface area contributed by atoms with Crippen LogP contribution >= 0.6 is 0 Å². The second-order valence-electron chi connectivity index (χ2n) is 4.31. The number of piperazine rings is 1. The van der Waals surface area contributed by atoms with Gasteiger partial charge in [-0.25, -0.2) is 0 Å². The van der Waals surface area contributed by atoms with Gasteiger partial charge in [-0.3, -0.25) is 4.90 Å². The Labute approximate surface area is 111 Å². The van der Waals surface area contributed by atoms with Gasteiger partial charge in [-0.05, 0) is 6.07 Å². The Balaban J connectivity index is 2.11. The minimum atomic E-state index is 0.0303. The number of anilines is 1. The molecule has 0 amide bonds. The van der Waals surface area contributed by atoms with Crippen LogP contribution in [0.1, 0.15) is 5.56 Å². The number of rotatable bonds is 4. The van der Waals surface area contributed by atoms with Crippen molar-refractivity contribution in [3.63, 3.8) is 0 Å². The first kappa shape index (κ1) is 13.5. The van der Waals surface area contributed by atoms with Crippen molar-refractivity contribution in [2.75, 3.05) is 44.2 Å². The molecule has 4 N–H and O–H groups in total. The van der Waals surface area contributed by atoms with Crippen LogP contribution in [0.25, 0.3) is 0 Å². The van der Waals surface area contributed by atoms with Gasteiger partial charge in [0, 0.05) is 32.7 Å². The topological polar surface area (TPSA) is 111 Å². The summed E-state index contributed by atoms with van der Waals surface area (Å²) in [5.74, 6) is 0.657. The minimum absolute atomic E-state index is 0.0303. The average molecular weight is 266 g/mol. The van der Waals surface area contributed by atoms with Gasteiger partial charge in [0.15, 0.2) is 11.7 Å². The summed E-state index contributed by atoms with van der Waals surface area (Å²) in [5.41, 5.74) is 6.22. The third-order valence-corrected chi connectivity index (χ3v) is 3.17. The normalized spacial score (nSPS) is 17.7. The molecule has 1 saturated heterocycles. The smallest absolute Gasteiger partial charge is 0.173 e. The van der Waals surface area contributed by atoms with Gasteiger partial charge in [0.25, 0.3) is 0 Å². The minimum Gasteiger partial charge on any atom is -0.409 e. The number of nitrogens with zero attached hydrogens (tertiary/aromatic N) is 5. The van der Waals surface area contributed by atoms with Crippen LogP contribution in [0, 0.1) is 0 Å². The van der Waals surface area contributed by atoms with Crippen molar-refractivity contribution in [3.05, 3.63) is 17.8 Å². The molecule has 2 heterocycles. The Bertz CT molecular complexity index is 445. The summed E-state index contributed by atoms with van der Waals surface area (Å²) in [6.07, 6.45) is 1.51. The molecule has 1 aliphatic rings. The molecule has 0 unspecified atom stereocenters. The summed E-state index contributed by atoms with van der Waals surface area (Å²) in [7, 11) is 0. The monoisotopic (exact) mass is 266 g/mol. The fourth-order valence-electron chi connectivity index (χ4n) is 2.14. The fourth-order valence-corrected chi connectivity index (χ4v) is 2.14. The van der Waals surface area contributed by atoms with Gasteiger partial charge in [0.05, 0.1) is 18.4 Å². The van der Waals surface area contributed by atoms with Gasteiger partial charge < -0.3 is 20.9 Å². The van der Waals surface area contributed by atoms with Crippen LogP contribution in [-0.2, 0) is 0 Å². The number of aliphatic hydroxyl groups is 1. The third-order valence-electron chi connectivity index (χ3n) is 3.17. The van der Waals surface area contributed by atoms with Gasteiger partial charge in [-0.1, -0.05) is 5.16 Å². The molecule has 19 heavy (non-hydrogen) atoms. The number of nitrogens with two attached hydrogens (primary N) is 1. The lowest BCUT2D eigenvalue weighted by Crippen LogP contribution is -2.48. The lowest BCUT2D eigenvalue weighted by Gasteiger charge is -2.35. The molecular formula is C11H18N6O2. The zero-order chi connectivity index (χ0) is 13.7. The van der Waals surface area contributed by atoms with E-state index in [2.05, 4.69) is 20.3 Å². The Morgan fingerprint density at radius 2 is 2.11 bits per heavy atom. The Morgan fingerprint density at radius 1 is 1.37 bits per heavy atom. The molecule has 1 fully saturated rings. The SMILES string of the molecule is N/C(=N/O)c1ccnnc1N1CCN(CCO)CC1. The molecule has 1 aliphatic heterocycles. The first-order chi connectivity index (χ1) is 9.26. The molecule has 0 bridgehead atoms. The van der Waals surface area contributed by atoms with Crippen molar-refractivity contribution in [2.45, 2.75) is 0 Å². The molecule has 8 heteroatoms. The molecular weight excluding hydrogens is 248 g/mol. The van der Waals surface area contributed by atoms with Crippen LogP contribution < -0.4 is 10.6 Å². The van der Waals surface area contributed by atoms with E-state index in [1.54, 1.807) is 6.07 Å². The van der Waals surface area contributed by atoms with Gasteiger partial charge in [0.2, 0.25) is 0 Å². The first-order valence-electron chi connectivity index (χ1n) is 6.14. The van der Waals surface area contributed by atoms with Crippen LogP contribution in [0.5, 0.6) is 0 Å². The largest absolute Gasteiger partial charge is 0.409 e. The third kappa shape index (κ3) is 3.09. The van der Waals surface area contributed by atoms with Crippen LogP contribution in [0.15, 0.2) is 17.4 Å². The number of hydrogen-bond acceptors (Lipinski definition) is 7. The number of oxime groups is 1. The van der Waals surface area contributed by atoms with Gasteiger partial charge in [0.1, 0.15) is 0 Å². The second kappa shape index (κ2) is 6.30. The van der Waals surface area contributed by atoms with E-state index < -0.39 is 0 Å². The summed E-state index contributed by atoms with van der Waals surface area (Å²) in [6.45, 7) is 4.07. The first-order valence-corrected chi connectivity index (χ1v) is 6.14. The van der Waals surface area contributed by atoms with E-state index in [1.807, 2.05) is 4.90 Å². The van der Waals surface area contributed by atoms with Crippen molar-refractivity contribution < 1.29 is 10.3 Å². The molecule has 2 rings (SSSR count). The van der Waals surface area contributed by atoms with Crippen molar-refractivity contribution in [3.8, 4) is 0 Å². The zero-order valence-corrected chi connectivity index (χ0v) is 10.6. The quantitative estimate of drug-likeness (QED) is 0.268. The van der Waals surface area contributed by atoms with Crippen LogP contribution in [-0.4, -0.2) is 70.6 Å². The summed E-state index contributed by atoms with van der Waals surface area (Å²) in [4.78, 5) is 4.23. The molecule has 8 nitrogen and oxygen atoms in total. The van der Waals surface area contributed by atoms with Gasteiger partial charge >= 0.3 is 0 Å². The van der Waals surface area contributed by atoms with E-state index >= 15 is 0 Å². The summed E-state index contributed by atoms with van der Waals surface area (Å²) in [6, 6.07) is 1.68. The fraction of sp³-hybridized carbons (Fsp3) is 0.545. The number of β-amino-alcohol motifs (C(OH)–C–C–N with tert-alkyl or cyclic N) is 1. The number of amidine groups is 1. The molecule has 0 spiro atoms. The molecule has 104 valence electrons. The van der Waals surface area contributed by atoms with E-state index in [-0.39, 0.29) is 12.4 Å². The van der Waals surface area contributed by atoms with Gasteiger partial charge in [-0.15, -0.1) is 5.10 Å². The lowest BCUT2D eigenvalue weighted by atomic mass is 10.2. The van der Waals surface area contributed by atoms with Crippen molar-refractivity contribution >= 4 is 11.7 Å². The average Bonchev–Trinajstić information content (AvgIpc) is 2.47. The Morgan fingerprint density at radius 3 is 2.74 bits per heavy atom. The Hall–Kier alpha value is -1.93. The maximum Gasteiger partial charge on any atom is 0.173 e. The van der Waals surface area contributed by atoms with Crippen molar-refractivity contribution in [2.24, 2.45) is 10.9 Å². The molecule has 0 saturated carbocycles. The van der Waals surface area contributed by atoms with Crippen LogP contribution in [0.3, 0.4) is 0 Å². The van der Waals surface area contributed by atoms with Gasteiger partial charge in [-0.2, -0.15) is 5.10 Å². The highest BCUT2D eigenvalue weighted by molar-refractivity contribution is 6.01. The summed E-state index contributed by atoms with van der Waals surface area (Å²) in [5, 5.41) is 28.6. The number of hydrogen-bond donors (Lipinski definition) is 3. The lowest BCUT2D eigenvalue weighted by molar-refractivity contribution is 0.188. The highest BCUT2D eigenvalue weighted by atomic mass is 16.4. The summed E-state index contributed by atoms with van der Waals surface area (Å²) >= 11 is 0. The summed E-state index contributed by atoms with van der Waals surface area (Å²) < 4.78 is 0. The zero-order valence-electron chi connectivity index (χ0n) is 10.6. The number of aliphatic hydroxyl groups excluding tert-OH is 1. The van der Waals surface area contributed by atoms with Crippen LogP contribution in [0.4, 0.5) is 5.82 Å². The molecule has 1 aromatic heterocycles. The molecule has 0 aromatic carbocycles. The molecule has 0 radical (unpaired) electrons. The second-order valence-corrected chi connectivity index (χ2v) is 4.31. The standard InChI is InChI=1S/C11H18N6O2/c12-10(15-19)9-1-2-13-14-11(9)17-5-3-16(4-6-17)7-8-18/h1-2,18-19H,3-8H2,(H2,12,15). The molecule has 0 aliphatic carbocycles. The number of aromatic nitrogens is 2. The molecule has 1 aromatic rings. The highest BCUT2D eigenvalue weighted by Crippen LogP contribution is 2.17. The molecule has 0 atom stereocenters. The highest BCUT2D eigenvalue weighted by Gasteiger charge is 2.21. The van der Waals surface area contributed by atoms with Crippen molar-refractivity contribution in [1.82, 2.24) is 15.1 Å². The van der Waals surface area contributed by atoms with E-state index in [9.17, 15) is 0 Å². The predicted molar refractivity (Wildman–Crippen MR) is 70.3 cm³/mol. The maximum absolute atomic E-state index is 8.91. The maximum atomic E-state index is 8.91. The Kier molecular flexibility index (Phi) is 4.48. The predicted octanol–water partition coefficient (Wildman–Crippen LogP) is -1.31. The van der Waals surface area contributed by atoms with E-state index in [1.165, 1.54) is 6.20 Å². The van der Waals surface area contributed by atoms with Crippen LogP contribution in [0.2, 0.25) is 0 Å². The van der Waals surface area contributed by atoms with E-state index in [0.717, 1.165) is 26.2 Å². The van der Waals surface area contributed by atoms with E-state index in [4.69, 9.17) is 16.0 Å².